The molecule has 0 saturated heterocycles. The average Bonchev–Trinajstić information content (AvgIpc) is 2.79. The number of amides is 1. The van der Waals surface area contributed by atoms with Gasteiger partial charge in [0.05, 0.1) is 16.1 Å². The van der Waals surface area contributed by atoms with Crippen LogP contribution in [0.5, 0.6) is 0 Å². The SMILES string of the molecule is O=C(NC1CCC(F)(F)CC1)c1ccc(/C(F)=C/C(c2ccc(Br)c(Cl)c2)C(F)(F)F)cc1C(F)(F)F. The summed E-state index contributed by atoms with van der Waals surface area (Å²) < 4.78 is 124. The van der Waals surface area contributed by atoms with Gasteiger partial charge in [-0.25, -0.2) is 13.2 Å². The van der Waals surface area contributed by atoms with Crippen LogP contribution in [0.15, 0.2) is 46.9 Å². The van der Waals surface area contributed by atoms with Crippen molar-refractivity contribution in [1.82, 2.24) is 5.32 Å². The topological polar surface area (TPSA) is 29.1 Å². The van der Waals surface area contributed by atoms with Crippen molar-refractivity contribution in [3.8, 4) is 0 Å². The fraction of sp³-hybridized carbons (Fsp3) is 0.375. The van der Waals surface area contributed by atoms with E-state index >= 15 is 0 Å². The van der Waals surface area contributed by atoms with Crippen molar-refractivity contribution in [2.75, 3.05) is 0 Å². The van der Waals surface area contributed by atoms with Crippen LogP contribution in [0.25, 0.3) is 5.83 Å². The second-order valence-corrected chi connectivity index (χ2v) is 9.83. The van der Waals surface area contributed by atoms with E-state index in [-0.39, 0.29) is 34.5 Å². The number of carbonyl (C=O) groups excluding carboxylic acids is 1. The summed E-state index contributed by atoms with van der Waals surface area (Å²) in [4.78, 5) is 12.5. The van der Waals surface area contributed by atoms with E-state index in [4.69, 9.17) is 11.6 Å². The van der Waals surface area contributed by atoms with Gasteiger partial charge in [-0.05, 0) is 64.7 Å². The smallest absolute Gasteiger partial charge is 0.349 e. The lowest BCUT2D eigenvalue weighted by Gasteiger charge is -2.29. The molecule has 1 aliphatic rings. The summed E-state index contributed by atoms with van der Waals surface area (Å²) in [5.74, 6) is -8.26. The minimum atomic E-state index is -5.16. The van der Waals surface area contributed by atoms with E-state index in [1.165, 1.54) is 6.07 Å². The van der Waals surface area contributed by atoms with Crippen LogP contribution in [0.3, 0.4) is 0 Å². The van der Waals surface area contributed by atoms with Gasteiger partial charge in [0.25, 0.3) is 5.91 Å². The highest BCUT2D eigenvalue weighted by atomic mass is 79.9. The number of halogens is 11. The molecule has 1 unspecified atom stereocenters. The maximum absolute atomic E-state index is 14.9. The summed E-state index contributed by atoms with van der Waals surface area (Å²) in [5.41, 5.74) is -3.77. The largest absolute Gasteiger partial charge is 0.417 e. The number of hydrogen-bond donors (Lipinski definition) is 1. The molecule has 1 saturated carbocycles. The zero-order valence-corrected chi connectivity index (χ0v) is 20.9. The molecule has 0 radical (unpaired) electrons. The van der Waals surface area contributed by atoms with Gasteiger partial charge in [-0.15, -0.1) is 0 Å². The van der Waals surface area contributed by atoms with Crippen molar-refractivity contribution < 1.29 is 44.3 Å². The number of benzene rings is 2. The summed E-state index contributed by atoms with van der Waals surface area (Å²) in [6.45, 7) is 0. The van der Waals surface area contributed by atoms with Crippen LogP contribution in [-0.4, -0.2) is 24.0 Å². The molecule has 0 aliphatic heterocycles. The first-order valence-corrected chi connectivity index (χ1v) is 11.9. The van der Waals surface area contributed by atoms with Crippen LogP contribution in [0, 0.1) is 0 Å². The second-order valence-electron chi connectivity index (χ2n) is 8.57. The van der Waals surface area contributed by atoms with E-state index in [1.54, 1.807) is 0 Å². The standard InChI is InChI=1S/C24H18BrClF9NO/c25-18-4-2-12(10-19(18)26)16(23(30,31)32)11-20(27)13-1-3-15(17(9-13)24(33,34)35)21(37)36-14-5-7-22(28,29)8-6-14/h1-4,9-11,14,16H,5-8H2,(H,36,37)/b20-11-. The van der Waals surface area contributed by atoms with Gasteiger partial charge in [-0.3, -0.25) is 4.79 Å². The van der Waals surface area contributed by atoms with Crippen molar-refractivity contribution in [1.29, 1.82) is 0 Å². The van der Waals surface area contributed by atoms with Gasteiger partial charge in [-0.2, -0.15) is 26.3 Å². The first kappa shape index (κ1) is 29.3. The maximum Gasteiger partial charge on any atom is 0.417 e. The molecule has 0 aromatic heterocycles. The first-order valence-electron chi connectivity index (χ1n) is 10.8. The Morgan fingerprint density at radius 2 is 1.68 bits per heavy atom. The lowest BCUT2D eigenvalue weighted by atomic mass is 9.91. The monoisotopic (exact) mass is 621 g/mol. The lowest BCUT2D eigenvalue weighted by Crippen LogP contribution is -2.40. The van der Waals surface area contributed by atoms with Gasteiger partial charge in [0, 0.05) is 28.9 Å². The molecule has 3 rings (SSSR count). The zero-order chi connectivity index (χ0) is 27.8. The van der Waals surface area contributed by atoms with Gasteiger partial charge in [0.15, 0.2) is 0 Å². The predicted molar refractivity (Wildman–Crippen MR) is 123 cm³/mol. The quantitative estimate of drug-likeness (QED) is 0.331. The van der Waals surface area contributed by atoms with Gasteiger partial charge >= 0.3 is 12.4 Å². The summed E-state index contributed by atoms with van der Waals surface area (Å²) in [7, 11) is 0. The normalized spacial score (nSPS) is 18.0. The highest BCUT2D eigenvalue weighted by Crippen LogP contribution is 2.41. The molecule has 202 valence electrons. The Kier molecular flexibility index (Phi) is 8.63. The molecule has 2 aromatic carbocycles. The summed E-state index contributed by atoms with van der Waals surface area (Å²) >= 11 is 8.86. The maximum atomic E-state index is 14.9. The second kappa shape index (κ2) is 10.9. The number of carbonyl (C=O) groups is 1. The molecule has 0 spiro atoms. The van der Waals surface area contributed by atoms with Crippen LogP contribution in [-0.2, 0) is 6.18 Å². The van der Waals surface area contributed by atoms with Crippen LogP contribution < -0.4 is 5.32 Å². The molecular weight excluding hydrogens is 605 g/mol. The van der Waals surface area contributed by atoms with Crippen LogP contribution in [0.2, 0.25) is 5.02 Å². The van der Waals surface area contributed by atoms with Crippen LogP contribution in [0.1, 0.15) is 58.6 Å². The van der Waals surface area contributed by atoms with Crippen LogP contribution in [0.4, 0.5) is 39.5 Å². The van der Waals surface area contributed by atoms with Crippen molar-refractivity contribution in [3.05, 3.63) is 74.2 Å². The number of nitrogens with one attached hydrogen (secondary N) is 1. The summed E-state index contributed by atoms with van der Waals surface area (Å²) in [6, 6.07) is 4.03. The third kappa shape index (κ3) is 7.43. The van der Waals surface area contributed by atoms with Gasteiger partial charge in [-0.1, -0.05) is 23.7 Å². The molecule has 1 atom stereocenters. The summed E-state index contributed by atoms with van der Waals surface area (Å²) in [6.07, 6.45) is -11.4. The van der Waals surface area contributed by atoms with E-state index in [0.717, 1.165) is 18.2 Å². The Morgan fingerprint density at radius 1 is 1.05 bits per heavy atom. The molecule has 2 nitrogen and oxygen atoms in total. The first-order chi connectivity index (χ1) is 17.0. The minimum absolute atomic E-state index is 0.0861. The predicted octanol–water partition coefficient (Wildman–Crippen LogP) is 9.09. The number of allylic oxidation sites excluding steroid dienone is 1. The highest BCUT2D eigenvalue weighted by Gasteiger charge is 2.41. The average molecular weight is 623 g/mol. The van der Waals surface area contributed by atoms with E-state index in [0.29, 0.717) is 6.07 Å². The molecule has 37 heavy (non-hydrogen) atoms. The van der Waals surface area contributed by atoms with E-state index in [2.05, 4.69) is 21.2 Å². The van der Waals surface area contributed by atoms with Gasteiger partial charge in [0.2, 0.25) is 5.92 Å². The van der Waals surface area contributed by atoms with E-state index < -0.39 is 77.1 Å². The Labute approximate surface area is 219 Å². The molecular formula is C24H18BrClF9NO. The Morgan fingerprint density at radius 3 is 2.22 bits per heavy atom. The number of hydrogen-bond acceptors (Lipinski definition) is 1. The Balaban J connectivity index is 1.94. The molecule has 1 aliphatic carbocycles. The number of alkyl halides is 8. The fourth-order valence-electron chi connectivity index (χ4n) is 3.90. The van der Waals surface area contributed by atoms with E-state index in [9.17, 15) is 44.3 Å². The molecule has 1 amide bonds. The molecule has 1 N–H and O–H groups in total. The molecule has 1 fully saturated rings. The molecule has 13 heteroatoms. The number of rotatable bonds is 5. The van der Waals surface area contributed by atoms with Gasteiger partial charge < -0.3 is 5.32 Å². The zero-order valence-electron chi connectivity index (χ0n) is 18.6. The third-order valence-corrected chi connectivity index (χ3v) is 7.10. The highest BCUT2D eigenvalue weighted by molar-refractivity contribution is 9.10. The third-order valence-electron chi connectivity index (χ3n) is 5.87. The Hall–Kier alpha value is -2.21. The minimum Gasteiger partial charge on any atom is -0.349 e. The van der Waals surface area contributed by atoms with Crippen molar-refractivity contribution >= 4 is 39.3 Å². The molecule has 0 heterocycles. The molecule has 0 bridgehead atoms. The van der Waals surface area contributed by atoms with Crippen LogP contribution >= 0.6 is 27.5 Å². The summed E-state index contributed by atoms with van der Waals surface area (Å²) in [5, 5.41) is 2.19. The van der Waals surface area contributed by atoms with Gasteiger partial charge in [0.1, 0.15) is 11.7 Å². The lowest BCUT2D eigenvalue weighted by molar-refractivity contribution is -0.140. The Bertz CT molecular complexity index is 1180. The van der Waals surface area contributed by atoms with Crippen molar-refractivity contribution in [2.45, 2.75) is 55.9 Å². The van der Waals surface area contributed by atoms with Crippen molar-refractivity contribution in [3.63, 3.8) is 0 Å². The molecule has 2 aromatic rings. The van der Waals surface area contributed by atoms with E-state index in [1.807, 2.05) is 0 Å². The van der Waals surface area contributed by atoms with Crippen molar-refractivity contribution in [2.24, 2.45) is 0 Å². The fourth-order valence-corrected chi connectivity index (χ4v) is 4.34.